The predicted molar refractivity (Wildman–Crippen MR) is 87.8 cm³/mol. The van der Waals surface area contributed by atoms with Crippen LogP contribution in [0.2, 0.25) is 0 Å². The molecule has 1 aliphatic carbocycles. The quantitative estimate of drug-likeness (QED) is 0.791. The van der Waals surface area contributed by atoms with E-state index in [9.17, 15) is 18.3 Å². The third kappa shape index (κ3) is 4.18. The first-order valence-electron chi connectivity index (χ1n) is 8.29. The third-order valence-electron chi connectivity index (χ3n) is 5.37. The van der Waals surface area contributed by atoms with Crippen molar-refractivity contribution in [3.63, 3.8) is 0 Å². The summed E-state index contributed by atoms with van der Waals surface area (Å²) in [5.74, 6) is 0.474. The molecule has 0 radical (unpaired) electrons. The molecule has 0 aromatic heterocycles. The zero-order chi connectivity index (χ0) is 17.5. The van der Waals surface area contributed by atoms with Gasteiger partial charge in [0.15, 0.2) is 0 Å². The summed E-state index contributed by atoms with van der Waals surface area (Å²) in [7, 11) is -3.36. The Morgan fingerprint density at radius 3 is 2.30 bits per heavy atom. The van der Waals surface area contributed by atoms with Gasteiger partial charge in [-0.2, -0.15) is 8.42 Å². The van der Waals surface area contributed by atoms with E-state index in [-0.39, 0.29) is 23.5 Å². The number of likely N-dealkylation sites (tertiary alicyclic amines) is 1. The second-order valence-electron chi connectivity index (χ2n) is 8.30. The Kier molecular flexibility index (Phi) is 5.02. The summed E-state index contributed by atoms with van der Waals surface area (Å²) in [5.41, 5.74) is 0.0354. The number of hydrogen-bond acceptors (Lipinski definition) is 4. The van der Waals surface area contributed by atoms with Crippen molar-refractivity contribution >= 4 is 16.2 Å². The summed E-state index contributed by atoms with van der Waals surface area (Å²) in [6, 6.07) is 0.0701. The molecule has 1 heterocycles. The molecule has 0 bridgehead atoms. The minimum absolute atomic E-state index is 0.0666. The molecule has 1 saturated heterocycles. The van der Waals surface area contributed by atoms with Crippen LogP contribution < -0.4 is 0 Å². The van der Waals surface area contributed by atoms with Crippen LogP contribution in [0.3, 0.4) is 0 Å². The summed E-state index contributed by atoms with van der Waals surface area (Å²) >= 11 is 0. The Labute approximate surface area is 139 Å². The molecule has 1 aliphatic heterocycles. The second kappa shape index (κ2) is 6.24. The van der Waals surface area contributed by atoms with Crippen molar-refractivity contribution in [2.24, 2.45) is 16.7 Å². The van der Waals surface area contributed by atoms with Gasteiger partial charge in [-0.1, -0.05) is 20.8 Å². The van der Waals surface area contributed by atoms with Crippen LogP contribution in [0.15, 0.2) is 0 Å². The molecular formula is C16H29NO5S. The highest BCUT2D eigenvalue weighted by molar-refractivity contribution is 7.85. The van der Waals surface area contributed by atoms with E-state index in [0.29, 0.717) is 12.5 Å². The summed E-state index contributed by atoms with van der Waals surface area (Å²) in [6.07, 6.45) is 5.09. The number of nitrogens with zero attached hydrogens (tertiary/aromatic N) is 1. The van der Waals surface area contributed by atoms with E-state index in [1.165, 1.54) is 0 Å². The Morgan fingerprint density at radius 1 is 1.30 bits per heavy atom. The summed E-state index contributed by atoms with van der Waals surface area (Å²) in [6.45, 7) is 7.22. The molecule has 0 aromatic rings. The number of hydrogen-bond donors (Lipinski definition) is 1. The zero-order valence-electron chi connectivity index (χ0n) is 14.5. The maximum absolute atomic E-state index is 11.4. The maximum atomic E-state index is 11.4. The van der Waals surface area contributed by atoms with Gasteiger partial charge in [-0.25, -0.2) is 4.79 Å². The molecule has 1 N–H and O–H groups in total. The third-order valence-corrected chi connectivity index (χ3v) is 5.96. The van der Waals surface area contributed by atoms with Gasteiger partial charge in [-0.05, 0) is 43.4 Å². The van der Waals surface area contributed by atoms with Crippen LogP contribution in [0, 0.1) is 16.7 Å². The van der Waals surface area contributed by atoms with Crippen molar-refractivity contribution in [2.75, 3.05) is 19.4 Å². The highest BCUT2D eigenvalue weighted by atomic mass is 32.2. The molecule has 2 fully saturated rings. The molecule has 2 aliphatic rings. The van der Waals surface area contributed by atoms with E-state index < -0.39 is 16.2 Å². The minimum Gasteiger partial charge on any atom is -0.465 e. The topological polar surface area (TPSA) is 83.9 Å². The van der Waals surface area contributed by atoms with Crippen LogP contribution in [-0.4, -0.2) is 50.0 Å². The molecular weight excluding hydrogens is 318 g/mol. The molecule has 23 heavy (non-hydrogen) atoms. The van der Waals surface area contributed by atoms with Gasteiger partial charge in [-0.15, -0.1) is 0 Å². The first-order chi connectivity index (χ1) is 10.4. The molecule has 1 saturated carbocycles. The van der Waals surface area contributed by atoms with Crippen molar-refractivity contribution in [1.29, 1.82) is 0 Å². The standard InChI is InChI=1S/C16H29NO5S/c1-15(2,3)13-16(11-17(13)14(18)19)8-5-12(6-9-16)7-10-22-23(4,20)21/h12-13H,5-11H2,1-4H3,(H,18,19). The first-order valence-corrected chi connectivity index (χ1v) is 10.1. The SMILES string of the molecule is CC(C)(C)C1N(C(=O)O)CC12CCC(CCOS(C)(=O)=O)CC2. The molecule has 1 amide bonds. The van der Waals surface area contributed by atoms with E-state index in [1.54, 1.807) is 4.90 Å². The largest absolute Gasteiger partial charge is 0.465 e. The molecule has 134 valence electrons. The molecule has 1 spiro atoms. The van der Waals surface area contributed by atoms with Crippen molar-refractivity contribution in [3.05, 3.63) is 0 Å². The van der Waals surface area contributed by atoms with Gasteiger partial charge >= 0.3 is 6.09 Å². The van der Waals surface area contributed by atoms with E-state index in [4.69, 9.17) is 4.18 Å². The van der Waals surface area contributed by atoms with Crippen LogP contribution >= 0.6 is 0 Å². The maximum Gasteiger partial charge on any atom is 0.407 e. The molecule has 0 aromatic carbocycles. The summed E-state index contributed by atoms with van der Waals surface area (Å²) < 4.78 is 26.8. The lowest BCUT2D eigenvalue weighted by atomic mass is 9.55. The van der Waals surface area contributed by atoms with Crippen molar-refractivity contribution < 1.29 is 22.5 Å². The molecule has 1 atom stereocenters. The highest BCUT2D eigenvalue weighted by Crippen LogP contribution is 2.55. The first kappa shape index (κ1) is 18.5. The highest BCUT2D eigenvalue weighted by Gasteiger charge is 2.59. The van der Waals surface area contributed by atoms with Crippen molar-refractivity contribution in [1.82, 2.24) is 4.90 Å². The van der Waals surface area contributed by atoms with E-state index in [0.717, 1.165) is 38.4 Å². The fraction of sp³-hybridized carbons (Fsp3) is 0.938. The fourth-order valence-electron chi connectivity index (χ4n) is 4.64. The normalized spacial score (nSPS) is 31.9. The van der Waals surface area contributed by atoms with Crippen LogP contribution in [0.4, 0.5) is 4.79 Å². The number of rotatable bonds is 4. The van der Waals surface area contributed by atoms with E-state index in [2.05, 4.69) is 20.8 Å². The molecule has 2 rings (SSSR count). The Hall–Kier alpha value is -0.820. The van der Waals surface area contributed by atoms with Crippen LogP contribution in [0.5, 0.6) is 0 Å². The van der Waals surface area contributed by atoms with E-state index in [1.807, 2.05) is 0 Å². The lowest BCUT2D eigenvalue weighted by Crippen LogP contribution is -2.71. The van der Waals surface area contributed by atoms with Gasteiger partial charge < -0.3 is 10.0 Å². The smallest absolute Gasteiger partial charge is 0.407 e. The lowest BCUT2D eigenvalue weighted by Gasteiger charge is -2.63. The average Bonchev–Trinajstić information content (AvgIpc) is 2.33. The number of carboxylic acid groups (broad SMARTS) is 1. The lowest BCUT2D eigenvalue weighted by molar-refractivity contribution is -0.131. The monoisotopic (exact) mass is 347 g/mol. The van der Waals surface area contributed by atoms with Gasteiger partial charge in [0.05, 0.1) is 12.9 Å². The van der Waals surface area contributed by atoms with Gasteiger partial charge in [-0.3, -0.25) is 4.18 Å². The van der Waals surface area contributed by atoms with Crippen LogP contribution in [0.25, 0.3) is 0 Å². The second-order valence-corrected chi connectivity index (χ2v) is 9.94. The van der Waals surface area contributed by atoms with Crippen molar-refractivity contribution in [3.8, 4) is 0 Å². The summed E-state index contributed by atoms with van der Waals surface area (Å²) in [4.78, 5) is 13.0. The Morgan fingerprint density at radius 2 is 1.87 bits per heavy atom. The zero-order valence-corrected chi connectivity index (χ0v) is 15.4. The Bertz CT molecular complexity index is 543. The van der Waals surface area contributed by atoms with Gasteiger partial charge in [0.25, 0.3) is 10.1 Å². The number of carbonyl (C=O) groups is 1. The molecule has 7 heteroatoms. The molecule has 6 nitrogen and oxygen atoms in total. The van der Waals surface area contributed by atoms with Gasteiger partial charge in [0.2, 0.25) is 0 Å². The van der Waals surface area contributed by atoms with Crippen molar-refractivity contribution in [2.45, 2.75) is 58.9 Å². The number of amides is 1. The summed E-state index contributed by atoms with van der Waals surface area (Å²) in [5, 5.41) is 9.38. The van der Waals surface area contributed by atoms with Crippen LogP contribution in [-0.2, 0) is 14.3 Å². The fourth-order valence-corrected chi connectivity index (χ4v) is 5.04. The predicted octanol–water partition coefficient (Wildman–Crippen LogP) is 2.94. The Balaban J connectivity index is 1.91. The van der Waals surface area contributed by atoms with Gasteiger partial charge in [0, 0.05) is 18.0 Å². The molecule has 1 unspecified atom stereocenters. The van der Waals surface area contributed by atoms with E-state index >= 15 is 0 Å². The average molecular weight is 347 g/mol. The van der Waals surface area contributed by atoms with Gasteiger partial charge in [0.1, 0.15) is 0 Å². The van der Waals surface area contributed by atoms with Crippen LogP contribution in [0.1, 0.15) is 52.9 Å². The minimum atomic E-state index is -3.36.